The summed E-state index contributed by atoms with van der Waals surface area (Å²) in [5.41, 5.74) is 0.807. The van der Waals surface area contributed by atoms with Gasteiger partial charge in [0.2, 0.25) is 0 Å². The van der Waals surface area contributed by atoms with Gasteiger partial charge in [-0.2, -0.15) is 0 Å². The zero-order valence-electron chi connectivity index (χ0n) is 14.0. The lowest BCUT2D eigenvalue weighted by Crippen LogP contribution is -2.49. The van der Waals surface area contributed by atoms with Gasteiger partial charge < -0.3 is 4.90 Å². The number of piperidine rings is 2. The Morgan fingerprint density at radius 3 is 2.48 bits per heavy atom. The highest BCUT2D eigenvalue weighted by Crippen LogP contribution is 2.26. The molecule has 0 N–H and O–H groups in total. The first-order valence-electron chi connectivity index (χ1n) is 8.93. The number of hydrogen-bond acceptors (Lipinski definition) is 3. The first-order valence-corrected chi connectivity index (χ1v) is 9.31. The predicted octanol–water partition coefficient (Wildman–Crippen LogP) is 3.72. The molecular weight excluding hydrogens is 308 g/mol. The van der Waals surface area contributed by atoms with Crippen molar-refractivity contribution in [2.24, 2.45) is 5.92 Å². The molecule has 0 aromatic heterocycles. The highest BCUT2D eigenvalue weighted by molar-refractivity contribution is 6.30. The summed E-state index contributed by atoms with van der Waals surface area (Å²) >= 11 is 5.93. The van der Waals surface area contributed by atoms with Crippen LogP contribution in [0, 0.1) is 5.92 Å². The van der Waals surface area contributed by atoms with Gasteiger partial charge in [-0.05, 0) is 76.1 Å². The van der Waals surface area contributed by atoms with E-state index in [9.17, 15) is 4.79 Å². The van der Waals surface area contributed by atoms with Gasteiger partial charge in [0.05, 0.1) is 0 Å². The molecule has 3 rings (SSSR count). The fourth-order valence-electron chi connectivity index (χ4n) is 4.00. The van der Waals surface area contributed by atoms with E-state index in [1.165, 1.54) is 25.9 Å². The first-order chi connectivity index (χ1) is 11.2. The van der Waals surface area contributed by atoms with Crippen molar-refractivity contribution in [3.63, 3.8) is 0 Å². The Labute approximate surface area is 144 Å². The van der Waals surface area contributed by atoms with Gasteiger partial charge in [-0.25, -0.2) is 0 Å². The second kappa shape index (κ2) is 7.78. The second-order valence-electron chi connectivity index (χ2n) is 6.87. The summed E-state index contributed by atoms with van der Waals surface area (Å²) in [6, 6.07) is 8.02. The van der Waals surface area contributed by atoms with Crippen LogP contribution in [0.15, 0.2) is 24.3 Å². The molecule has 0 bridgehead atoms. The van der Waals surface area contributed by atoms with E-state index < -0.39 is 0 Å². The van der Waals surface area contributed by atoms with Crippen molar-refractivity contribution < 1.29 is 4.79 Å². The highest BCUT2D eigenvalue weighted by atomic mass is 35.5. The molecule has 126 valence electrons. The maximum absolute atomic E-state index is 12.8. The van der Waals surface area contributed by atoms with E-state index in [1.54, 1.807) is 0 Å². The Morgan fingerprint density at radius 2 is 1.83 bits per heavy atom. The third-order valence-corrected chi connectivity index (χ3v) is 5.73. The molecule has 2 aliphatic rings. The zero-order valence-corrected chi connectivity index (χ0v) is 14.8. The summed E-state index contributed by atoms with van der Waals surface area (Å²) < 4.78 is 0. The van der Waals surface area contributed by atoms with Gasteiger partial charge in [0, 0.05) is 29.1 Å². The summed E-state index contributed by atoms with van der Waals surface area (Å²) in [4.78, 5) is 17.9. The molecule has 4 heteroatoms. The fourth-order valence-corrected chi connectivity index (χ4v) is 4.13. The third-order valence-electron chi connectivity index (χ3n) is 5.47. The highest BCUT2D eigenvalue weighted by Gasteiger charge is 2.31. The average molecular weight is 335 g/mol. The van der Waals surface area contributed by atoms with Crippen LogP contribution in [0.1, 0.15) is 43.0 Å². The Kier molecular flexibility index (Phi) is 5.73. The average Bonchev–Trinajstić information content (AvgIpc) is 2.62. The number of nitrogens with zero attached hydrogens (tertiary/aromatic N) is 2. The molecule has 1 aromatic carbocycles. The number of Topliss-reactive ketones (excluding diaryl/α,β-unsaturated/α-hetero) is 1. The molecule has 0 amide bonds. The van der Waals surface area contributed by atoms with E-state index in [4.69, 9.17) is 11.6 Å². The third kappa shape index (κ3) is 4.14. The van der Waals surface area contributed by atoms with E-state index in [2.05, 4.69) is 16.7 Å². The summed E-state index contributed by atoms with van der Waals surface area (Å²) in [6.07, 6.45) is 4.65. The monoisotopic (exact) mass is 334 g/mol. The number of carbonyl (C=O) groups is 1. The maximum atomic E-state index is 12.8. The van der Waals surface area contributed by atoms with Gasteiger partial charge in [-0.3, -0.25) is 9.69 Å². The van der Waals surface area contributed by atoms with Gasteiger partial charge in [-0.15, -0.1) is 0 Å². The van der Waals surface area contributed by atoms with Crippen LogP contribution in [-0.2, 0) is 0 Å². The number of hydrogen-bond donors (Lipinski definition) is 0. The van der Waals surface area contributed by atoms with Crippen LogP contribution >= 0.6 is 11.6 Å². The fraction of sp³-hybridized carbons (Fsp3) is 0.632. The quantitative estimate of drug-likeness (QED) is 0.784. The lowest BCUT2D eigenvalue weighted by molar-refractivity contribution is 0.0605. The predicted molar refractivity (Wildman–Crippen MR) is 95.2 cm³/mol. The molecule has 0 spiro atoms. The normalized spacial score (nSPS) is 24.7. The number of carbonyl (C=O) groups excluding carboxylic acids is 1. The van der Waals surface area contributed by atoms with Crippen molar-refractivity contribution in [3.8, 4) is 0 Å². The zero-order chi connectivity index (χ0) is 16.2. The number of likely N-dealkylation sites (tertiary alicyclic amines) is 2. The molecule has 1 atom stereocenters. The van der Waals surface area contributed by atoms with E-state index in [0.717, 1.165) is 38.0 Å². The molecular formula is C19H27ClN2O. The van der Waals surface area contributed by atoms with Crippen LogP contribution in [0.3, 0.4) is 0 Å². The summed E-state index contributed by atoms with van der Waals surface area (Å²) in [5.74, 6) is 0.437. The van der Waals surface area contributed by atoms with E-state index in [0.29, 0.717) is 11.1 Å². The van der Waals surface area contributed by atoms with Gasteiger partial charge >= 0.3 is 0 Å². The SMILES string of the molecule is CCN1CCC(N2CCCC(C(=O)c3ccc(Cl)cc3)C2)CC1. The Bertz CT molecular complexity index is 523. The van der Waals surface area contributed by atoms with E-state index in [1.807, 2.05) is 24.3 Å². The smallest absolute Gasteiger partial charge is 0.167 e. The largest absolute Gasteiger partial charge is 0.303 e. The van der Waals surface area contributed by atoms with Crippen LogP contribution in [-0.4, -0.2) is 54.3 Å². The van der Waals surface area contributed by atoms with Crippen molar-refractivity contribution in [2.45, 2.75) is 38.6 Å². The molecule has 0 saturated carbocycles. The topological polar surface area (TPSA) is 23.6 Å². The standard InChI is InChI=1S/C19H27ClN2O/c1-2-21-12-9-18(10-13-21)22-11-3-4-16(14-22)19(23)15-5-7-17(20)8-6-15/h5-8,16,18H,2-4,9-14H2,1H3. The van der Waals surface area contributed by atoms with Crippen molar-refractivity contribution in [1.29, 1.82) is 0 Å². The molecule has 2 fully saturated rings. The maximum Gasteiger partial charge on any atom is 0.167 e. The molecule has 2 heterocycles. The Balaban J connectivity index is 1.59. The molecule has 2 saturated heterocycles. The lowest BCUT2D eigenvalue weighted by Gasteiger charge is -2.41. The van der Waals surface area contributed by atoms with Crippen molar-refractivity contribution in [2.75, 3.05) is 32.7 Å². The molecule has 0 aliphatic carbocycles. The van der Waals surface area contributed by atoms with Gasteiger partial charge in [0.25, 0.3) is 0 Å². The van der Waals surface area contributed by atoms with Crippen LogP contribution < -0.4 is 0 Å². The van der Waals surface area contributed by atoms with Crippen LogP contribution in [0.4, 0.5) is 0 Å². The molecule has 23 heavy (non-hydrogen) atoms. The summed E-state index contributed by atoms with van der Waals surface area (Å²) in [6.45, 7) is 7.88. The summed E-state index contributed by atoms with van der Waals surface area (Å²) in [7, 11) is 0. The minimum atomic E-state index is 0.147. The summed E-state index contributed by atoms with van der Waals surface area (Å²) in [5, 5.41) is 0.689. The Morgan fingerprint density at radius 1 is 1.13 bits per heavy atom. The van der Waals surface area contributed by atoms with Crippen molar-refractivity contribution >= 4 is 17.4 Å². The van der Waals surface area contributed by atoms with E-state index >= 15 is 0 Å². The van der Waals surface area contributed by atoms with Gasteiger partial charge in [0.15, 0.2) is 5.78 Å². The number of rotatable bonds is 4. The molecule has 0 radical (unpaired) electrons. The molecule has 1 unspecified atom stereocenters. The number of benzene rings is 1. The molecule has 2 aliphatic heterocycles. The van der Waals surface area contributed by atoms with Crippen LogP contribution in [0.5, 0.6) is 0 Å². The minimum absolute atomic E-state index is 0.147. The molecule has 1 aromatic rings. The van der Waals surface area contributed by atoms with E-state index in [-0.39, 0.29) is 11.7 Å². The second-order valence-corrected chi connectivity index (χ2v) is 7.31. The Hall–Kier alpha value is -0.900. The van der Waals surface area contributed by atoms with Gasteiger partial charge in [-0.1, -0.05) is 18.5 Å². The number of halogens is 1. The van der Waals surface area contributed by atoms with Crippen LogP contribution in [0.25, 0.3) is 0 Å². The van der Waals surface area contributed by atoms with Crippen LogP contribution in [0.2, 0.25) is 5.02 Å². The van der Waals surface area contributed by atoms with Gasteiger partial charge in [0.1, 0.15) is 0 Å². The van der Waals surface area contributed by atoms with Crippen molar-refractivity contribution in [1.82, 2.24) is 9.80 Å². The number of ketones is 1. The van der Waals surface area contributed by atoms with Crippen molar-refractivity contribution in [3.05, 3.63) is 34.9 Å². The minimum Gasteiger partial charge on any atom is -0.303 e. The molecule has 3 nitrogen and oxygen atoms in total. The first kappa shape index (κ1) is 16.9. The lowest BCUT2D eigenvalue weighted by atomic mass is 9.88.